The van der Waals surface area contributed by atoms with Crippen molar-refractivity contribution in [1.29, 1.82) is 0 Å². The highest BCUT2D eigenvalue weighted by atomic mass is 35.5. The molecule has 0 bridgehead atoms. The van der Waals surface area contributed by atoms with E-state index in [1.54, 1.807) is 12.1 Å². The van der Waals surface area contributed by atoms with Crippen LogP contribution in [0.3, 0.4) is 0 Å². The van der Waals surface area contributed by atoms with E-state index in [0.29, 0.717) is 15.7 Å². The Kier molecular flexibility index (Phi) is 7.28. The molecule has 0 saturated heterocycles. The van der Waals surface area contributed by atoms with Crippen molar-refractivity contribution in [2.24, 2.45) is 5.10 Å². The van der Waals surface area contributed by atoms with E-state index in [1.807, 2.05) is 48.7 Å². The first-order valence-corrected chi connectivity index (χ1v) is 12.2. The topological polar surface area (TPSA) is 83.8 Å². The SMILES string of the molecule is Cc1cc(/C=N/NC(=O)CN(c2ccc(Cl)cc2)S(C)(=O)=O)c(C)n1-c1ccccc1Cl. The lowest BCUT2D eigenvalue weighted by molar-refractivity contribution is -0.119. The standard InChI is InChI=1S/C22H22Cl2N4O3S/c1-15-12-17(16(2)28(15)21-7-5-4-6-20(21)24)13-25-26-22(29)14-27(32(3,30)31)19-10-8-18(23)9-11-19/h4-13H,14H2,1-3H3,(H,26,29)/b25-13+. The zero-order valence-electron chi connectivity index (χ0n) is 17.7. The van der Waals surface area contributed by atoms with Gasteiger partial charge in [-0.05, 0) is 56.3 Å². The molecule has 0 unspecified atom stereocenters. The Morgan fingerprint density at radius 2 is 1.78 bits per heavy atom. The van der Waals surface area contributed by atoms with Crippen molar-refractivity contribution in [2.45, 2.75) is 13.8 Å². The van der Waals surface area contributed by atoms with Crippen molar-refractivity contribution in [3.63, 3.8) is 0 Å². The normalized spacial score (nSPS) is 11.7. The number of rotatable bonds is 7. The maximum Gasteiger partial charge on any atom is 0.260 e. The van der Waals surface area contributed by atoms with Crippen LogP contribution in [0.5, 0.6) is 0 Å². The molecule has 1 aromatic heterocycles. The smallest absolute Gasteiger partial charge is 0.260 e. The third kappa shape index (κ3) is 5.51. The van der Waals surface area contributed by atoms with Crippen LogP contribution in [0.1, 0.15) is 17.0 Å². The number of nitrogens with one attached hydrogen (secondary N) is 1. The summed E-state index contributed by atoms with van der Waals surface area (Å²) in [4.78, 5) is 12.4. The van der Waals surface area contributed by atoms with E-state index < -0.39 is 22.5 Å². The Balaban J connectivity index is 1.74. The van der Waals surface area contributed by atoms with Crippen LogP contribution in [-0.4, -0.2) is 37.9 Å². The van der Waals surface area contributed by atoms with Crippen LogP contribution in [-0.2, 0) is 14.8 Å². The highest BCUT2D eigenvalue weighted by molar-refractivity contribution is 7.92. The molecule has 7 nitrogen and oxygen atoms in total. The Labute approximate surface area is 197 Å². The number of para-hydroxylation sites is 1. The first-order valence-electron chi connectivity index (χ1n) is 9.57. The van der Waals surface area contributed by atoms with Crippen LogP contribution in [0.2, 0.25) is 10.0 Å². The molecule has 0 atom stereocenters. The maximum atomic E-state index is 12.4. The van der Waals surface area contributed by atoms with Crippen LogP contribution in [0, 0.1) is 13.8 Å². The molecule has 3 rings (SSSR count). The number of nitrogens with zero attached hydrogens (tertiary/aromatic N) is 3. The van der Waals surface area contributed by atoms with Gasteiger partial charge in [0.15, 0.2) is 0 Å². The number of aryl methyl sites for hydroxylation is 1. The number of anilines is 1. The van der Waals surface area contributed by atoms with Crippen LogP contribution in [0.15, 0.2) is 59.7 Å². The number of hydrazone groups is 1. The van der Waals surface area contributed by atoms with Crippen molar-refractivity contribution in [3.05, 3.63) is 81.6 Å². The van der Waals surface area contributed by atoms with E-state index in [2.05, 4.69) is 10.5 Å². The summed E-state index contributed by atoms with van der Waals surface area (Å²) >= 11 is 12.2. The third-order valence-corrected chi connectivity index (χ3v) is 6.47. The molecular formula is C22H22Cl2N4O3S. The van der Waals surface area contributed by atoms with Crippen LogP contribution >= 0.6 is 23.2 Å². The van der Waals surface area contributed by atoms with Gasteiger partial charge in [-0.1, -0.05) is 35.3 Å². The minimum atomic E-state index is -3.69. The minimum Gasteiger partial charge on any atom is -0.316 e. The molecule has 0 radical (unpaired) electrons. The number of carbonyl (C=O) groups excluding carboxylic acids is 1. The molecule has 0 aliphatic heterocycles. The van der Waals surface area contributed by atoms with E-state index in [9.17, 15) is 13.2 Å². The fourth-order valence-electron chi connectivity index (χ4n) is 3.27. The largest absolute Gasteiger partial charge is 0.316 e. The van der Waals surface area contributed by atoms with Crippen molar-refractivity contribution in [3.8, 4) is 5.69 Å². The monoisotopic (exact) mass is 492 g/mol. The van der Waals surface area contributed by atoms with Gasteiger partial charge in [0.25, 0.3) is 5.91 Å². The summed E-state index contributed by atoms with van der Waals surface area (Å²) in [6, 6.07) is 15.6. The van der Waals surface area contributed by atoms with Crippen molar-refractivity contribution in [1.82, 2.24) is 9.99 Å². The molecule has 0 saturated carbocycles. The Bertz CT molecular complexity index is 1270. The van der Waals surface area contributed by atoms with Gasteiger partial charge in [0.1, 0.15) is 6.54 Å². The number of halogens is 2. The lowest BCUT2D eigenvalue weighted by atomic mass is 10.2. The van der Waals surface area contributed by atoms with Gasteiger partial charge in [0.2, 0.25) is 10.0 Å². The lowest BCUT2D eigenvalue weighted by Crippen LogP contribution is -2.39. The molecule has 0 aliphatic carbocycles. The van der Waals surface area contributed by atoms with E-state index in [-0.39, 0.29) is 0 Å². The van der Waals surface area contributed by atoms with Gasteiger partial charge in [0.05, 0.1) is 28.9 Å². The van der Waals surface area contributed by atoms with Crippen molar-refractivity contribution >= 4 is 51.0 Å². The molecule has 2 aromatic carbocycles. The van der Waals surface area contributed by atoms with E-state index in [1.165, 1.54) is 18.3 Å². The summed E-state index contributed by atoms with van der Waals surface area (Å²) in [7, 11) is -3.69. The van der Waals surface area contributed by atoms with Gasteiger partial charge in [-0.15, -0.1) is 0 Å². The van der Waals surface area contributed by atoms with Gasteiger partial charge in [-0.2, -0.15) is 5.10 Å². The quantitative estimate of drug-likeness (QED) is 0.393. The number of hydrogen-bond donors (Lipinski definition) is 1. The number of hydrogen-bond acceptors (Lipinski definition) is 4. The second-order valence-electron chi connectivity index (χ2n) is 7.15. The number of sulfonamides is 1. The fourth-order valence-corrected chi connectivity index (χ4v) is 4.47. The average Bonchev–Trinajstić information content (AvgIpc) is 3.00. The second kappa shape index (κ2) is 9.77. The lowest BCUT2D eigenvalue weighted by Gasteiger charge is -2.21. The molecule has 0 aliphatic rings. The van der Waals surface area contributed by atoms with E-state index in [4.69, 9.17) is 23.2 Å². The molecule has 10 heteroatoms. The van der Waals surface area contributed by atoms with Gasteiger partial charge >= 0.3 is 0 Å². The van der Waals surface area contributed by atoms with Crippen LogP contribution in [0.25, 0.3) is 5.69 Å². The summed E-state index contributed by atoms with van der Waals surface area (Å²) in [5, 5.41) is 5.09. The summed E-state index contributed by atoms with van der Waals surface area (Å²) < 4.78 is 27.3. The first kappa shape index (κ1) is 23.8. The Morgan fingerprint density at radius 1 is 1.12 bits per heavy atom. The molecule has 32 heavy (non-hydrogen) atoms. The number of amides is 1. The van der Waals surface area contributed by atoms with Crippen molar-refractivity contribution < 1.29 is 13.2 Å². The highest BCUT2D eigenvalue weighted by Crippen LogP contribution is 2.25. The molecule has 1 heterocycles. The summed E-state index contributed by atoms with van der Waals surface area (Å²) in [6.45, 7) is 3.45. The zero-order valence-corrected chi connectivity index (χ0v) is 20.0. The predicted octanol–water partition coefficient (Wildman–Crippen LogP) is 4.32. The van der Waals surface area contributed by atoms with Crippen LogP contribution < -0.4 is 9.73 Å². The molecule has 1 amide bonds. The van der Waals surface area contributed by atoms with Crippen LogP contribution in [0.4, 0.5) is 5.69 Å². The predicted molar refractivity (Wildman–Crippen MR) is 130 cm³/mol. The van der Waals surface area contributed by atoms with E-state index >= 15 is 0 Å². The molecule has 168 valence electrons. The van der Waals surface area contributed by atoms with Crippen molar-refractivity contribution in [2.75, 3.05) is 17.1 Å². The second-order valence-corrected chi connectivity index (χ2v) is 9.90. The molecule has 3 aromatic rings. The molecule has 0 fully saturated rings. The summed E-state index contributed by atoms with van der Waals surface area (Å²) in [6.07, 6.45) is 2.54. The third-order valence-electron chi connectivity index (χ3n) is 4.76. The first-order chi connectivity index (χ1) is 15.1. The molecule has 1 N–H and O–H groups in total. The minimum absolute atomic E-state index is 0.333. The van der Waals surface area contributed by atoms with Gasteiger partial charge in [0, 0.05) is 22.0 Å². The molecule has 0 spiro atoms. The molecular weight excluding hydrogens is 471 g/mol. The maximum absolute atomic E-state index is 12.4. The summed E-state index contributed by atoms with van der Waals surface area (Å²) in [5.74, 6) is -0.582. The number of carbonyl (C=O) groups is 1. The average molecular weight is 493 g/mol. The zero-order chi connectivity index (χ0) is 23.5. The highest BCUT2D eigenvalue weighted by Gasteiger charge is 2.20. The number of aromatic nitrogens is 1. The fraction of sp³-hybridized carbons (Fsp3) is 0.182. The number of benzene rings is 2. The van der Waals surface area contributed by atoms with Gasteiger partial charge in [-0.25, -0.2) is 13.8 Å². The summed E-state index contributed by atoms with van der Waals surface area (Å²) in [5.41, 5.74) is 6.21. The van der Waals surface area contributed by atoms with Gasteiger partial charge < -0.3 is 4.57 Å². The van der Waals surface area contributed by atoms with Gasteiger partial charge in [-0.3, -0.25) is 9.10 Å². The Morgan fingerprint density at radius 3 is 2.41 bits per heavy atom. The Hall–Kier alpha value is -2.81. The van der Waals surface area contributed by atoms with E-state index in [0.717, 1.165) is 33.2 Å².